The Labute approximate surface area is 169 Å². The second kappa shape index (κ2) is 9.69. The predicted molar refractivity (Wildman–Crippen MR) is 114 cm³/mol. The van der Waals surface area contributed by atoms with Crippen molar-refractivity contribution >= 4 is 57.1 Å². The van der Waals surface area contributed by atoms with Crippen LogP contribution in [-0.4, -0.2) is 8.07 Å². The Kier molecular flexibility index (Phi) is 8.20. The van der Waals surface area contributed by atoms with Crippen molar-refractivity contribution in [3.63, 3.8) is 0 Å². The average Bonchev–Trinajstić information content (AvgIpc) is 2.94. The molecule has 0 atom stereocenters. The summed E-state index contributed by atoms with van der Waals surface area (Å²) < 4.78 is 0. The number of aryl methyl sites for hydroxylation is 1. The number of hydrogen-bond donors (Lipinski definition) is 0. The molecule has 0 amide bonds. The fourth-order valence-electron chi connectivity index (χ4n) is 3.92. The van der Waals surface area contributed by atoms with Crippen LogP contribution >= 0.6 is 27.9 Å². The van der Waals surface area contributed by atoms with Crippen LogP contribution in [0.1, 0.15) is 19.4 Å². The molecule has 0 unspecified atom stereocenters. The van der Waals surface area contributed by atoms with Crippen LogP contribution in [0.25, 0.3) is 10.8 Å². The molecule has 0 aliphatic heterocycles. The number of halogens is 3. The molecule has 0 saturated carbocycles. The minimum absolute atomic E-state index is 1.27. The van der Waals surface area contributed by atoms with Gasteiger partial charge in [0.1, 0.15) is 0 Å². The maximum atomic E-state index is 4.97. The van der Waals surface area contributed by atoms with Crippen molar-refractivity contribution in [3.8, 4) is 0 Å². The second-order valence-corrected chi connectivity index (χ2v) is 18.6. The molecule has 3 rings (SSSR count). The van der Waals surface area contributed by atoms with Crippen molar-refractivity contribution in [2.24, 2.45) is 0 Å². The van der Waals surface area contributed by atoms with Crippen LogP contribution in [0.5, 0.6) is 0 Å². The molecule has 0 saturated heterocycles. The third-order valence-electron chi connectivity index (χ3n) is 5.01. The van der Waals surface area contributed by atoms with Crippen LogP contribution < -0.4 is 10.4 Å². The molecule has 0 heterocycles. The summed E-state index contributed by atoms with van der Waals surface area (Å²) in [4.78, 5) is 0. The van der Waals surface area contributed by atoms with Crippen LogP contribution in [0.2, 0.25) is 12.1 Å². The first-order chi connectivity index (χ1) is 12.0. The zero-order valence-electron chi connectivity index (χ0n) is 14.8. The summed E-state index contributed by atoms with van der Waals surface area (Å²) in [5.41, 5.74) is 1.48. The summed E-state index contributed by atoms with van der Waals surface area (Å²) in [7, 11) is 13.3. The van der Waals surface area contributed by atoms with Gasteiger partial charge in [0.15, 0.2) is 0 Å². The molecule has 0 aromatic heterocycles. The van der Waals surface area contributed by atoms with E-state index in [1.54, 1.807) is 10.4 Å². The first-order valence-corrected chi connectivity index (χ1v) is 17.4. The molecule has 3 aromatic rings. The van der Waals surface area contributed by atoms with Gasteiger partial charge in [-0.1, -0.05) is 74.4 Å². The van der Waals surface area contributed by atoms with Gasteiger partial charge in [0.05, 0.1) is 8.07 Å². The molecule has 3 aromatic carbocycles. The number of hydrogen-bond acceptors (Lipinski definition) is 0. The monoisotopic (exact) mass is 444 g/mol. The first kappa shape index (κ1) is 21.2. The zero-order chi connectivity index (χ0) is 18.4. The first-order valence-electron chi connectivity index (χ1n) is 8.50. The van der Waals surface area contributed by atoms with Gasteiger partial charge in [-0.2, -0.15) is 6.07 Å². The van der Waals surface area contributed by atoms with Gasteiger partial charge in [0.2, 0.25) is 0 Å². The quantitative estimate of drug-likeness (QED) is 0.316. The van der Waals surface area contributed by atoms with Gasteiger partial charge in [-0.3, -0.25) is 0 Å². The Balaban J connectivity index is 0.000000511. The van der Waals surface area contributed by atoms with E-state index < -0.39 is 22.8 Å². The van der Waals surface area contributed by atoms with E-state index in [0.717, 1.165) is 0 Å². The Morgan fingerprint density at radius 2 is 1.40 bits per heavy atom. The van der Waals surface area contributed by atoms with Gasteiger partial charge < -0.3 is 0 Å². The number of rotatable bonds is 4. The molecule has 0 N–H and O–H groups in total. The summed E-state index contributed by atoms with van der Waals surface area (Å²) in [6.45, 7) is 7.05. The van der Waals surface area contributed by atoms with Gasteiger partial charge in [-0.15, -0.1) is 39.7 Å². The Morgan fingerprint density at radius 3 is 1.96 bits per heavy atom. The van der Waals surface area contributed by atoms with Crippen LogP contribution in [0.15, 0.2) is 60.7 Å². The Hall–Kier alpha value is -0.149. The van der Waals surface area contributed by atoms with Crippen molar-refractivity contribution in [2.45, 2.75) is 32.9 Å². The molecule has 0 radical (unpaired) electrons. The number of fused-ring (bicyclic) bond motifs is 1. The molecular weight excluding hydrogens is 423 g/mol. The van der Waals surface area contributed by atoms with E-state index in [2.05, 4.69) is 81.4 Å². The molecule has 0 aliphatic rings. The van der Waals surface area contributed by atoms with E-state index in [-0.39, 0.29) is 0 Å². The van der Waals surface area contributed by atoms with Crippen LogP contribution in [0.3, 0.4) is 0 Å². The van der Waals surface area contributed by atoms with E-state index in [1.165, 1.54) is 28.4 Å². The fourth-order valence-corrected chi connectivity index (χ4v) is 8.63. The van der Waals surface area contributed by atoms with Gasteiger partial charge in [0, 0.05) is 0 Å². The third-order valence-corrected chi connectivity index (χ3v) is 10.5. The number of benzene rings is 2. The fraction of sp³-hybridized carbons (Fsp3) is 0.250. The van der Waals surface area contributed by atoms with Gasteiger partial charge in [0.25, 0.3) is 0 Å². The average molecular weight is 446 g/mol. The Morgan fingerprint density at radius 1 is 0.880 bits per heavy atom. The second-order valence-electron chi connectivity index (χ2n) is 6.16. The van der Waals surface area contributed by atoms with Crippen molar-refractivity contribution < 1.29 is 14.7 Å². The molecule has 0 spiro atoms. The molecule has 132 valence electrons. The van der Waals surface area contributed by atoms with Crippen molar-refractivity contribution in [3.05, 3.63) is 66.2 Å². The SMILES string of the molecule is CC[Si](CC)(c1ccccc1)[c-]1c(C)cc2ccccc21.[Cl][Ti+]([Cl])[Cl]. The minimum atomic E-state index is -1.92. The summed E-state index contributed by atoms with van der Waals surface area (Å²) >= 11 is -1.92. The van der Waals surface area contributed by atoms with E-state index in [1.807, 2.05) is 0 Å². The molecule has 0 fully saturated rings. The molecular formula is C20H23Cl3SiTi. The van der Waals surface area contributed by atoms with Crippen LogP contribution in [0.4, 0.5) is 0 Å². The maximum absolute atomic E-state index is 4.97. The molecule has 25 heavy (non-hydrogen) atoms. The molecule has 5 heteroatoms. The van der Waals surface area contributed by atoms with Gasteiger partial charge >= 0.3 is 42.6 Å². The standard InChI is InChI=1S/C20H23Si.3ClH.Ti/c1-4-21(5-2,18-12-7-6-8-13-18)20-16(3)15-17-11-9-10-14-19(17)20;;;;/h6-15H,4-5H2,1-3H3;3*1H;/q-1;;;;+4/p-3. The topological polar surface area (TPSA) is 0 Å². The van der Waals surface area contributed by atoms with E-state index >= 15 is 0 Å². The summed E-state index contributed by atoms with van der Waals surface area (Å²) in [5.74, 6) is 0. The van der Waals surface area contributed by atoms with Crippen LogP contribution in [0, 0.1) is 6.92 Å². The summed E-state index contributed by atoms with van der Waals surface area (Å²) in [6.07, 6.45) is 0. The predicted octanol–water partition coefficient (Wildman–Crippen LogP) is 6.54. The Bertz CT molecular complexity index is 792. The summed E-state index contributed by atoms with van der Waals surface area (Å²) in [5, 5.41) is 6.12. The normalized spacial score (nSPS) is 11.1. The van der Waals surface area contributed by atoms with Crippen LogP contribution in [-0.2, 0) is 14.7 Å². The molecule has 0 aliphatic carbocycles. The van der Waals surface area contributed by atoms with E-state index in [4.69, 9.17) is 27.9 Å². The van der Waals surface area contributed by atoms with Crippen molar-refractivity contribution in [1.29, 1.82) is 0 Å². The van der Waals surface area contributed by atoms with Gasteiger partial charge in [-0.25, -0.2) is 0 Å². The third kappa shape index (κ3) is 4.77. The van der Waals surface area contributed by atoms with E-state index in [9.17, 15) is 0 Å². The zero-order valence-corrected chi connectivity index (χ0v) is 19.7. The van der Waals surface area contributed by atoms with Crippen molar-refractivity contribution in [1.82, 2.24) is 0 Å². The van der Waals surface area contributed by atoms with Crippen molar-refractivity contribution in [2.75, 3.05) is 0 Å². The summed E-state index contributed by atoms with van der Waals surface area (Å²) in [6, 6.07) is 25.0. The van der Waals surface area contributed by atoms with Gasteiger partial charge in [-0.05, 0) is 0 Å². The van der Waals surface area contributed by atoms with E-state index in [0.29, 0.717) is 0 Å². The molecule has 0 nitrogen and oxygen atoms in total. The molecule has 0 bridgehead atoms.